The zero-order chi connectivity index (χ0) is 10.8. The first-order valence-corrected chi connectivity index (χ1v) is 5.76. The molecule has 1 fully saturated rings. The lowest BCUT2D eigenvalue weighted by molar-refractivity contribution is -0.345. The van der Waals surface area contributed by atoms with Crippen LogP contribution in [-0.4, -0.2) is 34.5 Å². The summed E-state index contributed by atoms with van der Waals surface area (Å²) < 4.78 is 39.9. The summed E-state index contributed by atoms with van der Waals surface area (Å²) in [6.07, 6.45) is -4.20. The van der Waals surface area contributed by atoms with Gasteiger partial charge in [0.15, 0.2) is 0 Å². The van der Waals surface area contributed by atoms with Crippen molar-refractivity contribution in [3.63, 3.8) is 0 Å². The van der Waals surface area contributed by atoms with Gasteiger partial charge in [-0.2, -0.15) is 0 Å². The normalized spacial score (nSPS) is 23.8. The maximum atomic E-state index is 11.9. The Labute approximate surface area is 94.9 Å². The molecule has 0 radical (unpaired) electrons. The van der Waals surface area contributed by atoms with E-state index in [1.165, 1.54) is 0 Å². The van der Waals surface area contributed by atoms with Crippen molar-refractivity contribution in [3.8, 4) is 0 Å². The van der Waals surface area contributed by atoms with Crippen LogP contribution in [0.25, 0.3) is 0 Å². The highest BCUT2D eigenvalue weighted by atomic mass is 127. The van der Waals surface area contributed by atoms with Crippen molar-refractivity contribution in [2.24, 2.45) is 0 Å². The molecule has 1 heterocycles. The largest absolute Gasteiger partial charge is 0.522 e. The maximum absolute atomic E-state index is 11.9. The molecule has 0 saturated carbocycles. The lowest BCUT2D eigenvalue weighted by atomic mass is 10.1. The molecule has 84 valence electrons. The Morgan fingerprint density at radius 2 is 1.86 bits per heavy atom. The number of piperidine rings is 1. The highest BCUT2D eigenvalue weighted by molar-refractivity contribution is 14.1. The monoisotopic (exact) mass is 323 g/mol. The molecule has 1 aliphatic rings. The SMILES string of the molecule is CC(I)N1CCC(OC(F)(F)F)CC1. The number of likely N-dealkylation sites (tertiary alicyclic amines) is 1. The van der Waals surface area contributed by atoms with E-state index >= 15 is 0 Å². The number of rotatable bonds is 2. The van der Waals surface area contributed by atoms with E-state index in [1.54, 1.807) is 0 Å². The Hall–Kier alpha value is 0.440. The van der Waals surface area contributed by atoms with Crippen molar-refractivity contribution in [1.82, 2.24) is 4.90 Å². The Balaban J connectivity index is 2.29. The molecule has 1 aliphatic heterocycles. The molecular weight excluding hydrogens is 310 g/mol. The second kappa shape index (κ2) is 4.98. The minimum atomic E-state index is -4.48. The average Bonchev–Trinajstić information content (AvgIpc) is 2.02. The van der Waals surface area contributed by atoms with E-state index < -0.39 is 12.5 Å². The van der Waals surface area contributed by atoms with Crippen LogP contribution in [0.3, 0.4) is 0 Å². The van der Waals surface area contributed by atoms with Crippen molar-refractivity contribution in [1.29, 1.82) is 0 Å². The molecule has 0 N–H and O–H groups in total. The molecule has 1 rings (SSSR count). The molecule has 0 aromatic rings. The molecule has 0 amide bonds. The molecule has 1 atom stereocenters. The molecule has 0 aromatic heterocycles. The first kappa shape index (κ1) is 12.5. The fourth-order valence-electron chi connectivity index (χ4n) is 1.54. The summed E-state index contributed by atoms with van der Waals surface area (Å²) in [6, 6.07) is 0. The molecular formula is C8H13F3INO. The Morgan fingerprint density at radius 3 is 2.21 bits per heavy atom. The molecule has 0 aliphatic carbocycles. The fourth-order valence-corrected chi connectivity index (χ4v) is 2.10. The summed E-state index contributed by atoms with van der Waals surface area (Å²) in [5, 5.41) is 0. The Kier molecular flexibility index (Phi) is 4.45. The van der Waals surface area contributed by atoms with Crippen LogP contribution in [0.1, 0.15) is 19.8 Å². The summed E-state index contributed by atoms with van der Waals surface area (Å²) in [4.78, 5) is 2.15. The van der Waals surface area contributed by atoms with Crippen molar-refractivity contribution >= 4 is 22.6 Å². The van der Waals surface area contributed by atoms with Crippen LogP contribution < -0.4 is 0 Å². The quantitative estimate of drug-likeness (QED) is 0.440. The number of hydrogen-bond acceptors (Lipinski definition) is 2. The van der Waals surface area contributed by atoms with Crippen molar-refractivity contribution in [2.75, 3.05) is 13.1 Å². The van der Waals surface area contributed by atoms with E-state index in [0.29, 0.717) is 30.0 Å². The number of nitrogens with zero attached hydrogens (tertiary/aromatic N) is 1. The summed E-state index contributed by atoms with van der Waals surface area (Å²) in [5.74, 6) is 0. The summed E-state index contributed by atoms with van der Waals surface area (Å²) in [7, 11) is 0. The van der Waals surface area contributed by atoms with Crippen LogP contribution >= 0.6 is 22.6 Å². The van der Waals surface area contributed by atoms with Gasteiger partial charge in [0.05, 0.1) is 10.2 Å². The topological polar surface area (TPSA) is 12.5 Å². The molecule has 14 heavy (non-hydrogen) atoms. The maximum Gasteiger partial charge on any atom is 0.522 e. The number of hydrogen-bond donors (Lipinski definition) is 0. The summed E-state index contributed by atoms with van der Waals surface area (Å²) in [5.41, 5.74) is 0. The standard InChI is InChI=1S/C8H13F3INO/c1-6(12)13-4-2-7(3-5-13)14-8(9,10)11/h6-7H,2-5H2,1H3. The van der Waals surface area contributed by atoms with Gasteiger partial charge in [-0.1, -0.05) is 22.6 Å². The van der Waals surface area contributed by atoms with Gasteiger partial charge in [-0.05, 0) is 19.8 Å². The van der Waals surface area contributed by atoms with E-state index in [2.05, 4.69) is 32.2 Å². The van der Waals surface area contributed by atoms with Gasteiger partial charge >= 0.3 is 6.36 Å². The second-order valence-corrected chi connectivity index (χ2v) is 5.18. The first-order valence-electron chi connectivity index (χ1n) is 4.51. The molecule has 0 spiro atoms. The zero-order valence-corrected chi connectivity index (χ0v) is 10.0. The van der Waals surface area contributed by atoms with Gasteiger partial charge in [0.25, 0.3) is 0 Å². The fraction of sp³-hybridized carbons (Fsp3) is 1.00. The van der Waals surface area contributed by atoms with Crippen LogP contribution in [0, 0.1) is 0 Å². The van der Waals surface area contributed by atoms with Gasteiger partial charge in [0.2, 0.25) is 0 Å². The van der Waals surface area contributed by atoms with E-state index in [4.69, 9.17) is 0 Å². The Bertz CT molecular complexity index is 178. The summed E-state index contributed by atoms with van der Waals surface area (Å²) in [6.45, 7) is 3.40. The van der Waals surface area contributed by atoms with E-state index in [1.807, 2.05) is 6.92 Å². The highest BCUT2D eigenvalue weighted by Crippen LogP contribution is 2.25. The number of halogens is 4. The molecule has 0 bridgehead atoms. The summed E-state index contributed by atoms with van der Waals surface area (Å²) >= 11 is 2.26. The van der Waals surface area contributed by atoms with Crippen molar-refractivity contribution in [3.05, 3.63) is 0 Å². The van der Waals surface area contributed by atoms with Crippen LogP contribution in [0.4, 0.5) is 13.2 Å². The van der Waals surface area contributed by atoms with E-state index in [0.717, 1.165) is 0 Å². The van der Waals surface area contributed by atoms with Crippen LogP contribution in [0.15, 0.2) is 0 Å². The minimum Gasteiger partial charge on any atom is -0.292 e. The van der Waals surface area contributed by atoms with E-state index in [9.17, 15) is 13.2 Å². The van der Waals surface area contributed by atoms with Crippen molar-refractivity contribution in [2.45, 2.75) is 36.3 Å². The van der Waals surface area contributed by atoms with Gasteiger partial charge in [-0.25, -0.2) is 0 Å². The van der Waals surface area contributed by atoms with Gasteiger partial charge in [0.1, 0.15) is 0 Å². The molecule has 0 aromatic carbocycles. The third-order valence-corrected chi connectivity index (χ3v) is 3.07. The predicted octanol–water partition coefficient (Wildman–Crippen LogP) is 2.77. The molecule has 2 nitrogen and oxygen atoms in total. The minimum absolute atomic E-state index is 0.374. The third-order valence-electron chi connectivity index (χ3n) is 2.28. The second-order valence-electron chi connectivity index (χ2n) is 3.37. The van der Waals surface area contributed by atoms with Gasteiger partial charge in [-0.3, -0.25) is 9.64 Å². The third kappa shape index (κ3) is 4.31. The van der Waals surface area contributed by atoms with Crippen LogP contribution in [0.5, 0.6) is 0 Å². The van der Waals surface area contributed by atoms with Gasteiger partial charge in [-0.15, -0.1) is 13.2 Å². The first-order chi connectivity index (χ1) is 6.38. The average molecular weight is 323 g/mol. The molecule has 1 unspecified atom stereocenters. The lowest BCUT2D eigenvalue weighted by Gasteiger charge is -2.33. The smallest absolute Gasteiger partial charge is 0.292 e. The Morgan fingerprint density at radius 1 is 1.36 bits per heavy atom. The molecule has 1 saturated heterocycles. The number of alkyl halides is 4. The zero-order valence-electron chi connectivity index (χ0n) is 7.85. The number of ether oxygens (including phenoxy) is 1. The highest BCUT2D eigenvalue weighted by Gasteiger charge is 2.35. The van der Waals surface area contributed by atoms with Crippen molar-refractivity contribution < 1.29 is 17.9 Å². The lowest BCUT2D eigenvalue weighted by Crippen LogP contribution is -2.41. The van der Waals surface area contributed by atoms with Crippen LogP contribution in [0.2, 0.25) is 0 Å². The van der Waals surface area contributed by atoms with Gasteiger partial charge in [0, 0.05) is 13.1 Å². The predicted molar refractivity (Wildman–Crippen MR) is 55.2 cm³/mol. The van der Waals surface area contributed by atoms with E-state index in [-0.39, 0.29) is 0 Å². The van der Waals surface area contributed by atoms with Gasteiger partial charge < -0.3 is 0 Å². The van der Waals surface area contributed by atoms with Crippen LogP contribution in [-0.2, 0) is 4.74 Å². The molecule has 6 heteroatoms.